The number of terminal acetylenes is 1. The summed E-state index contributed by atoms with van der Waals surface area (Å²) in [6, 6.07) is -1.24. The average molecular weight is 274 g/mol. The van der Waals surface area contributed by atoms with Crippen LogP contribution < -0.4 is 10.6 Å². The van der Waals surface area contributed by atoms with E-state index in [0.29, 0.717) is 0 Å². The van der Waals surface area contributed by atoms with Crippen LogP contribution in [0.3, 0.4) is 0 Å². The quantitative estimate of drug-likeness (QED) is 0.702. The lowest BCUT2D eigenvalue weighted by Crippen LogP contribution is -2.48. The molecule has 0 aliphatic carbocycles. The van der Waals surface area contributed by atoms with Gasteiger partial charge in [0.1, 0.15) is 0 Å². The molecule has 0 spiro atoms. The largest absolute Gasteiger partial charge is 0.335 e. The summed E-state index contributed by atoms with van der Waals surface area (Å²) < 4.78 is 22.7. The summed E-state index contributed by atoms with van der Waals surface area (Å²) in [4.78, 5) is 11.6. The van der Waals surface area contributed by atoms with E-state index >= 15 is 0 Å². The number of carbonyl (C=O) groups excluding carboxylic acids is 1. The van der Waals surface area contributed by atoms with Gasteiger partial charge < -0.3 is 10.6 Å². The van der Waals surface area contributed by atoms with Crippen LogP contribution >= 0.6 is 0 Å². The number of hydrogen-bond donors (Lipinski definition) is 2. The maximum absolute atomic E-state index is 11.6. The highest BCUT2D eigenvalue weighted by molar-refractivity contribution is 7.91. The Balaban J connectivity index is 4.29. The standard InChI is InChI=1S/C12H22N2O3S/c1-6-11(9(3)4)14-12(15)13-10(5)8-18(16,17)7-2/h1,9-11H,7-8H2,2-5H3,(H2,13,14,15)/t10-,11+/m1/s1. The van der Waals surface area contributed by atoms with Crippen LogP contribution in [-0.2, 0) is 9.84 Å². The molecule has 0 radical (unpaired) electrons. The van der Waals surface area contributed by atoms with Crippen molar-refractivity contribution in [3.63, 3.8) is 0 Å². The molecule has 0 aromatic heterocycles. The molecule has 0 fully saturated rings. The lowest BCUT2D eigenvalue weighted by atomic mass is 10.1. The van der Waals surface area contributed by atoms with E-state index < -0.39 is 21.9 Å². The molecule has 5 nitrogen and oxygen atoms in total. The molecule has 2 amide bonds. The normalized spacial score (nSPS) is 14.7. The SMILES string of the molecule is C#C[C@H](NC(=O)N[C@H](C)CS(=O)(=O)CC)C(C)C. The monoisotopic (exact) mass is 274 g/mol. The molecule has 0 aromatic carbocycles. The van der Waals surface area contributed by atoms with Crippen LogP contribution in [0.1, 0.15) is 27.7 Å². The van der Waals surface area contributed by atoms with Gasteiger partial charge in [0.25, 0.3) is 0 Å². The second-order valence-electron chi connectivity index (χ2n) is 4.61. The minimum Gasteiger partial charge on any atom is -0.335 e. The smallest absolute Gasteiger partial charge is 0.316 e. The van der Waals surface area contributed by atoms with Gasteiger partial charge in [0, 0.05) is 11.8 Å². The van der Waals surface area contributed by atoms with Crippen molar-refractivity contribution in [1.82, 2.24) is 10.6 Å². The van der Waals surface area contributed by atoms with Crippen LogP contribution in [0, 0.1) is 18.3 Å². The van der Waals surface area contributed by atoms with Crippen LogP contribution in [0.5, 0.6) is 0 Å². The summed E-state index contributed by atoms with van der Waals surface area (Å²) in [5.74, 6) is 2.59. The van der Waals surface area contributed by atoms with Crippen LogP contribution in [0.2, 0.25) is 0 Å². The van der Waals surface area contributed by atoms with Crippen LogP contribution in [-0.4, -0.2) is 38.0 Å². The summed E-state index contributed by atoms with van der Waals surface area (Å²) in [7, 11) is -3.10. The highest BCUT2D eigenvalue weighted by Crippen LogP contribution is 2.00. The second-order valence-corrected chi connectivity index (χ2v) is 7.00. The number of amides is 2. The first-order valence-corrected chi connectivity index (χ1v) is 7.77. The lowest BCUT2D eigenvalue weighted by molar-refractivity contribution is 0.234. The fourth-order valence-electron chi connectivity index (χ4n) is 1.35. The maximum atomic E-state index is 11.6. The van der Waals surface area contributed by atoms with Crippen molar-refractivity contribution in [2.75, 3.05) is 11.5 Å². The molecular formula is C12H22N2O3S. The fraction of sp³-hybridized carbons (Fsp3) is 0.750. The summed E-state index contributed by atoms with van der Waals surface area (Å²) in [6.07, 6.45) is 5.29. The first kappa shape index (κ1) is 16.8. The maximum Gasteiger partial charge on any atom is 0.316 e. The van der Waals surface area contributed by atoms with Gasteiger partial charge in [0.2, 0.25) is 0 Å². The molecule has 18 heavy (non-hydrogen) atoms. The van der Waals surface area contributed by atoms with E-state index in [1.807, 2.05) is 13.8 Å². The van der Waals surface area contributed by atoms with E-state index in [1.165, 1.54) is 0 Å². The molecule has 0 aliphatic rings. The average Bonchev–Trinajstić information content (AvgIpc) is 2.24. The molecule has 0 rings (SSSR count). The fourth-order valence-corrected chi connectivity index (χ4v) is 2.43. The van der Waals surface area contributed by atoms with Gasteiger partial charge in [0.05, 0.1) is 11.8 Å². The van der Waals surface area contributed by atoms with Crippen molar-refractivity contribution in [1.29, 1.82) is 0 Å². The zero-order valence-corrected chi connectivity index (χ0v) is 12.2. The van der Waals surface area contributed by atoms with Crippen molar-refractivity contribution >= 4 is 15.9 Å². The van der Waals surface area contributed by atoms with Gasteiger partial charge in [-0.1, -0.05) is 26.7 Å². The van der Waals surface area contributed by atoms with Crippen LogP contribution in [0.4, 0.5) is 4.79 Å². The third-order valence-electron chi connectivity index (χ3n) is 2.45. The zero-order chi connectivity index (χ0) is 14.3. The van der Waals surface area contributed by atoms with E-state index in [1.54, 1.807) is 13.8 Å². The van der Waals surface area contributed by atoms with Crippen LogP contribution in [0.25, 0.3) is 0 Å². The van der Waals surface area contributed by atoms with Crippen molar-refractivity contribution in [3.8, 4) is 12.3 Å². The molecule has 0 unspecified atom stereocenters. The Hall–Kier alpha value is -1.22. The van der Waals surface area contributed by atoms with Gasteiger partial charge in [-0.05, 0) is 12.8 Å². The second kappa shape index (κ2) is 7.27. The first-order valence-electron chi connectivity index (χ1n) is 5.95. The number of rotatable bonds is 6. The molecule has 0 aliphatic heterocycles. The molecule has 0 saturated carbocycles. The summed E-state index contributed by atoms with van der Waals surface area (Å²) in [5, 5.41) is 5.19. The minimum atomic E-state index is -3.10. The Morgan fingerprint density at radius 2 is 1.83 bits per heavy atom. The molecule has 0 heterocycles. The Bertz CT molecular complexity index is 410. The van der Waals surface area contributed by atoms with E-state index in [-0.39, 0.29) is 23.5 Å². The van der Waals surface area contributed by atoms with E-state index in [2.05, 4.69) is 16.6 Å². The van der Waals surface area contributed by atoms with Crippen LogP contribution in [0.15, 0.2) is 0 Å². The molecule has 104 valence electrons. The molecule has 0 saturated heterocycles. The molecule has 0 bridgehead atoms. The van der Waals surface area contributed by atoms with Gasteiger partial charge in [0.15, 0.2) is 9.84 Å². The van der Waals surface area contributed by atoms with Gasteiger partial charge in [-0.3, -0.25) is 0 Å². The zero-order valence-electron chi connectivity index (χ0n) is 11.4. The molecule has 6 heteroatoms. The molecule has 2 N–H and O–H groups in total. The Labute approximate surface area is 110 Å². The summed E-state index contributed by atoms with van der Waals surface area (Å²) in [5.41, 5.74) is 0. The van der Waals surface area contributed by atoms with Crippen molar-refractivity contribution in [2.24, 2.45) is 5.92 Å². The lowest BCUT2D eigenvalue weighted by Gasteiger charge is -2.19. The molecular weight excluding hydrogens is 252 g/mol. The number of nitrogens with one attached hydrogen (secondary N) is 2. The minimum absolute atomic E-state index is 0.0691. The first-order chi connectivity index (χ1) is 8.21. The van der Waals surface area contributed by atoms with E-state index in [9.17, 15) is 13.2 Å². The van der Waals surface area contributed by atoms with E-state index in [0.717, 1.165) is 0 Å². The number of hydrogen-bond acceptors (Lipinski definition) is 3. The Morgan fingerprint density at radius 3 is 2.22 bits per heavy atom. The summed E-state index contributed by atoms with van der Waals surface area (Å²) in [6.45, 7) is 7.02. The van der Waals surface area contributed by atoms with Crippen molar-refractivity contribution < 1.29 is 13.2 Å². The predicted molar refractivity (Wildman–Crippen MR) is 72.9 cm³/mol. The highest BCUT2D eigenvalue weighted by Gasteiger charge is 2.18. The van der Waals surface area contributed by atoms with Gasteiger partial charge in [-0.25, -0.2) is 13.2 Å². The number of urea groups is 1. The van der Waals surface area contributed by atoms with Gasteiger partial charge in [-0.2, -0.15) is 0 Å². The topological polar surface area (TPSA) is 75.3 Å². The third kappa shape index (κ3) is 6.50. The number of carbonyl (C=O) groups is 1. The number of sulfone groups is 1. The van der Waals surface area contributed by atoms with Crippen molar-refractivity contribution in [2.45, 2.75) is 39.8 Å². The summed E-state index contributed by atoms with van der Waals surface area (Å²) >= 11 is 0. The molecule has 2 atom stereocenters. The predicted octanol–water partition coefficient (Wildman–Crippen LogP) is 0.767. The van der Waals surface area contributed by atoms with Crippen molar-refractivity contribution in [3.05, 3.63) is 0 Å². The molecule has 0 aromatic rings. The van der Waals surface area contributed by atoms with Gasteiger partial charge >= 0.3 is 6.03 Å². The Morgan fingerprint density at radius 1 is 1.28 bits per heavy atom. The third-order valence-corrected chi connectivity index (χ3v) is 4.34. The van der Waals surface area contributed by atoms with Gasteiger partial charge in [-0.15, -0.1) is 6.42 Å². The highest BCUT2D eigenvalue weighted by atomic mass is 32.2. The van der Waals surface area contributed by atoms with E-state index in [4.69, 9.17) is 6.42 Å². The Kier molecular flexibility index (Phi) is 6.77.